The maximum absolute atomic E-state index is 5.70. The molecule has 3 heteroatoms. The van der Waals surface area contributed by atoms with Crippen LogP contribution in [0.4, 0.5) is 6.01 Å². The monoisotopic (exact) mass is 212 g/mol. The molecular formula is C13H12N2O. The van der Waals surface area contributed by atoms with Gasteiger partial charge in [0.1, 0.15) is 5.52 Å². The lowest BCUT2D eigenvalue weighted by Gasteiger charge is -1.96. The minimum Gasteiger partial charge on any atom is -0.423 e. The van der Waals surface area contributed by atoms with Gasteiger partial charge >= 0.3 is 0 Å². The summed E-state index contributed by atoms with van der Waals surface area (Å²) < 4.78 is 5.70. The van der Waals surface area contributed by atoms with E-state index in [1.165, 1.54) is 5.39 Å². The second-order valence-corrected chi connectivity index (χ2v) is 3.68. The van der Waals surface area contributed by atoms with E-state index in [1.807, 2.05) is 25.1 Å². The first-order valence-electron chi connectivity index (χ1n) is 5.40. The van der Waals surface area contributed by atoms with Crippen LogP contribution in [-0.2, 0) is 0 Å². The van der Waals surface area contributed by atoms with E-state index in [-0.39, 0.29) is 0 Å². The summed E-state index contributed by atoms with van der Waals surface area (Å²) in [5.74, 6) is 0. The molecular weight excluding hydrogens is 200 g/mol. The van der Waals surface area contributed by atoms with Crippen LogP contribution in [0.3, 0.4) is 0 Å². The average Bonchev–Trinajstić information content (AvgIpc) is 2.72. The Hall–Kier alpha value is -2.03. The number of nitrogens with one attached hydrogen (secondary N) is 1. The third-order valence-corrected chi connectivity index (χ3v) is 2.61. The van der Waals surface area contributed by atoms with Gasteiger partial charge in [-0.05, 0) is 18.4 Å². The van der Waals surface area contributed by atoms with Gasteiger partial charge in [0.15, 0.2) is 5.58 Å². The summed E-state index contributed by atoms with van der Waals surface area (Å²) >= 11 is 0. The summed E-state index contributed by atoms with van der Waals surface area (Å²) in [6, 6.07) is 12.8. The molecule has 0 saturated heterocycles. The lowest BCUT2D eigenvalue weighted by molar-refractivity contribution is 0.619. The van der Waals surface area contributed by atoms with Crippen LogP contribution in [-0.4, -0.2) is 11.5 Å². The van der Waals surface area contributed by atoms with Crippen LogP contribution in [0.1, 0.15) is 6.92 Å². The van der Waals surface area contributed by atoms with Gasteiger partial charge in [0.05, 0.1) is 0 Å². The fraction of sp³-hybridized carbons (Fsp3) is 0.154. The molecule has 0 saturated carbocycles. The van der Waals surface area contributed by atoms with Gasteiger partial charge in [-0.25, -0.2) is 0 Å². The summed E-state index contributed by atoms with van der Waals surface area (Å²) in [6.07, 6.45) is 0. The van der Waals surface area contributed by atoms with Crippen molar-refractivity contribution in [1.29, 1.82) is 0 Å². The first-order chi connectivity index (χ1) is 7.88. The lowest BCUT2D eigenvalue weighted by Crippen LogP contribution is -1.95. The number of hydrogen-bond acceptors (Lipinski definition) is 3. The van der Waals surface area contributed by atoms with E-state index in [1.54, 1.807) is 0 Å². The minimum absolute atomic E-state index is 0.592. The van der Waals surface area contributed by atoms with Gasteiger partial charge in [0.25, 0.3) is 6.01 Å². The minimum atomic E-state index is 0.592. The molecule has 1 heterocycles. The highest BCUT2D eigenvalue weighted by Gasteiger charge is 2.07. The van der Waals surface area contributed by atoms with Crippen LogP contribution in [0.15, 0.2) is 40.8 Å². The van der Waals surface area contributed by atoms with Crippen LogP contribution >= 0.6 is 0 Å². The van der Waals surface area contributed by atoms with Gasteiger partial charge in [-0.15, -0.1) is 0 Å². The summed E-state index contributed by atoms with van der Waals surface area (Å²) in [6.45, 7) is 2.83. The highest BCUT2D eigenvalue weighted by Crippen LogP contribution is 2.27. The second kappa shape index (κ2) is 3.52. The van der Waals surface area contributed by atoms with Crippen molar-refractivity contribution in [2.45, 2.75) is 6.92 Å². The average molecular weight is 212 g/mol. The standard InChI is InChI=1S/C13H12N2O/c1-2-14-13-15-11-8-7-9-5-3-4-6-10(9)12(11)16-13/h3-8H,2H2,1H3,(H,14,15). The maximum atomic E-state index is 5.70. The number of nitrogens with zero attached hydrogens (tertiary/aromatic N) is 1. The normalized spacial score (nSPS) is 11.1. The largest absolute Gasteiger partial charge is 0.423 e. The topological polar surface area (TPSA) is 38.1 Å². The van der Waals surface area contributed by atoms with Gasteiger partial charge in [0, 0.05) is 11.9 Å². The molecule has 2 aromatic carbocycles. The number of oxazole rings is 1. The smallest absolute Gasteiger partial charge is 0.295 e. The van der Waals surface area contributed by atoms with Crippen molar-refractivity contribution in [2.75, 3.05) is 11.9 Å². The number of benzene rings is 2. The lowest BCUT2D eigenvalue weighted by atomic mass is 10.1. The molecule has 0 aliphatic rings. The van der Waals surface area contributed by atoms with Gasteiger partial charge in [-0.3, -0.25) is 0 Å². The second-order valence-electron chi connectivity index (χ2n) is 3.68. The Morgan fingerprint density at radius 3 is 2.94 bits per heavy atom. The highest BCUT2D eigenvalue weighted by molar-refractivity contribution is 6.03. The number of fused-ring (bicyclic) bond motifs is 3. The molecule has 0 unspecified atom stereocenters. The van der Waals surface area contributed by atoms with E-state index >= 15 is 0 Å². The predicted molar refractivity (Wildman–Crippen MR) is 65.7 cm³/mol. The van der Waals surface area contributed by atoms with Crippen molar-refractivity contribution in [1.82, 2.24) is 4.98 Å². The SMILES string of the molecule is CCNc1nc2ccc3ccccc3c2o1. The van der Waals surface area contributed by atoms with Gasteiger partial charge in [-0.1, -0.05) is 30.3 Å². The van der Waals surface area contributed by atoms with E-state index < -0.39 is 0 Å². The highest BCUT2D eigenvalue weighted by atomic mass is 16.4. The predicted octanol–water partition coefficient (Wildman–Crippen LogP) is 3.41. The third kappa shape index (κ3) is 1.33. The molecule has 16 heavy (non-hydrogen) atoms. The van der Waals surface area contributed by atoms with Gasteiger partial charge in [-0.2, -0.15) is 4.98 Å². The van der Waals surface area contributed by atoms with Crippen molar-refractivity contribution in [2.24, 2.45) is 0 Å². The first kappa shape index (κ1) is 9.21. The molecule has 0 amide bonds. The van der Waals surface area contributed by atoms with Crippen molar-refractivity contribution in [3.05, 3.63) is 36.4 Å². The van der Waals surface area contributed by atoms with Gasteiger partial charge < -0.3 is 9.73 Å². The van der Waals surface area contributed by atoms with Crippen LogP contribution < -0.4 is 5.32 Å². The molecule has 0 atom stereocenters. The number of hydrogen-bond donors (Lipinski definition) is 1. The Bertz CT molecular complexity index is 643. The fourth-order valence-electron chi connectivity index (χ4n) is 1.88. The Kier molecular flexibility index (Phi) is 2.03. The molecule has 0 bridgehead atoms. The Morgan fingerprint density at radius 1 is 1.19 bits per heavy atom. The molecule has 0 fully saturated rings. The van der Waals surface area contributed by atoms with Crippen LogP contribution in [0, 0.1) is 0 Å². The van der Waals surface area contributed by atoms with Crippen molar-refractivity contribution in [3.8, 4) is 0 Å². The van der Waals surface area contributed by atoms with E-state index in [9.17, 15) is 0 Å². The summed E-state index contributed by atoms with van der Waals surface area (Å²) in [5.41, 5.74) is 1.75. The van der Waals surface area contributed by atoms with E-state index in [0.717, 1.165) is 23.0 Å². The first-order valence-corrected chi connectivity index (χ1v) is 5.40. The Labute approximate surface area is 93.1 Å². The number of aromatic nitrogens is 1. The third-order valence-electron chi connectivity index (χ3n) is 2.61. The van der Waals surface area contributed by atoms with E-state index in [2.05, 4.69) is 28.5 Å². The van der Waals surface area contributed by atoms with Crippen molar-refractivity contribution in [3.63, 3.8) is 0 Å². The number of rotatable bonds is 2. The molecule has 80 valence electrons. The molecule has 0 radical (unpaired) electrons. The Balaban J connectivity index is 2.32. The quantitative estimate of drug-likeness (QED) is 0.707. The van der Waals surface area contributed by atoms with E-state index in [0.29, 0.717) is 6.01 Å². The number of anilines is 1. The summed E-state index contributed by atoms with van der Waals surface area (Å²) in [7, 11) is 0. The molecule has 3 aromatic rings. The van der Waals surface area contributed by atoms with Gasteiger partial charge in [0.2, 0.25) is 0 Å². The fourth-order valence-corrected chi connectivity index (χ4v) is 1.88. The molecule has 1 N–H and O–H groups in total. The van der Waals surface area contributed by atoms with Crippen LogP contribution in [0.25, 0.3) is 21.9 Å². The summed E-state index contributed by atoms with van der Waals surface area (Å²) in [5, 5.41) is 5.37. The maximum Gasteiger partial charge on any atom is 0.295 e. The molecule has 3 nitrogen and oxygen atoms in total. The molecule has 1 aromatic heterocycles. The molecule has 0 spiro atoms. The zero-order valence-electron chi connectivity index (χ0n) is 9.03. The molecule has 0 aliphatic heterocycles. The zero-order chi connectivity index (χ0) is 11.0. The van der Waals surface area contributed by atoms with Crippen molar-refractivity contribution < 1.29 is 4.42 Å². The molecule has 0 aliphatic carbocycles. The Morgan fingerprint density at radius 2 is 2.06 bits per heavy atom. The van der Waals surface area contributed by atoms with Crippen LogP contribution in [0.2, 0.25) is 0 Å². The van der Waals surface area contributed by atoms with E-state index in [4.69, 9.17) is 4.42 Å². The van der Waals surface area contributed by atoms with Crippen molar-refractivity contribution >= 4 is 27.9 Å². The molecule has 3 rings (SSSR count). The van der Waals surface area contributed by atoms with Crippen LogP contribution in [0.5, 0.6) is 0 Å². The zero-order valence-corrected chi connectivity index (χ0v) is 9.03. The summed E-state index contributed by atoms with van der Waals surface area (Å²) in [4.78, 5) is 4.37.